The number of alkyl halides is 3. The number of pyridine rings is 1. The van der Waals surface area contributed by atoms with E-state index in [1.165, 1.54) is 18.2 Å². The van der Waals surface area contributed by atoms with Gasteiger partial charge in [0.25, 0.3) is 5.91 Å². The van der Waals surface area contributed by atoms with Crippen LogP contribution in [0.25, 0.3) is 21.9 Å². The second-order valence-electron chi connectivity index (χ2n) is 5.99. The van der Waals surface area contributed by atoms with Crippen molar-refractivity contribution in [2.24, 2.45) is 0 Å². The van der Waals surface area contributed by atoms with Gasteiger partial charge >= 0.3 is 6.18 Å². The smallest absolute Gasteiger partial charge is 0.417 e. The van der Waals surface area contributed by atoms with Crippen LogP contribution >= 0.6 is 0 Å². The first kappa shape index (κ1) is 17.1. The van der Waals surface area contributed by atoms with Gasteiger partial charge in [-0.2, -0.15) is 13.2 Å². The molecule has 0 aliphatic rings. The Hall–Kier alpha value is -3.35. The highest BCUT2D eigenvalue weighted by molar-refractivity contribution is 6.00. The first-order chi connectivity index (χ1) is 12.9. The van der Waals surface area contributed by atoms with Crippen LogP contribution in [-0.4, -0.2) is 10.9 Å². The largest absolute Gasteiger partial charge is 0.459 e. The number of halogens is 3. The van der Waals surface area contributed by atoms with Crippen LogP contribution in [0.4, 0.5) is 13.2 Å². The molecule has 4 rings (SSSR count). The Labute approximate surface area is 151 Å². The van der Waals surface area contributed by atoms with Crippen molar-refractivity contribution < 1.29 is 22.4 Å². The molecule has 0 aliphatic heterocycles. The van der Waals surface area contributed by atoms with Crippen LogP contribution in [0.5, 0.6) is 0 Å². The highest BCUT2D eigenvalue weighted by Gasteiger charge is 2.37. The molecule has 0 saturated carbocycles. The maximum absolute atomic E-state index is 13.6. The number of nitrogens with one attached hydrogen (secondary N) is 1. The van der Waals surface area contributed by atoms with E-state index in [4.69, 9.17) is 4.42 Å². The van der Waals surface area contributed by atoms with E-state index in [9.17, 15) is 18.0 Å². The molecule has 0 radical (unpaired) electrons. The van der Waals surface area contributed by atoms with Crippen LogP contribution in [0.3, 0.4) is 0 Å². The highest BCUT2D eigenvalue weighted by Crippen LogP contribution is 2.36. The highest BCUT2D eigenvalue weighted by atomic mass is 19.4. The molecule has 0 fully saturated rings. The zero-order valence-electron chi connectivity index (χ0n) is 13.9. The minimum atomic E-state index is -4.69. The molecule has 0 spiro atoms. The zero-order chi connectivity index (χ0) is 19.0. The summed E-state index contributed by atoms with van der Waals surface area (Å²) in [6, 6.07) is 14.9. The van der Waals surface area contributed by atoms with E-state index >= 15 is 0 Å². The molecule has 2 aromatic carbocycles. The monoisotopic (exact) mass is 370 g/mol. The van der Waals surface area contributed by atoms with E-state index < -0.39 is 23.2 Å². The van der Waals surface area contributed by atoms with Gasteiger partial charge in [0.05, 0.1) is 23.2 Å². The van der Waals surface area contributed by atoms with Gasteiger partial charge in [-0.05, 0) is 18.2 Å². The van der Waals surface area contributed by atoms with Gasteiger partial charge in [0.2, 0.25) is 0 Å². The summed E-state index contributed by atoms with van der Waals surface area (Å²) in [5, 5.41) is 3.22. The van der Waals surface area contributed by atoms with Crippen LogP contribution in [0, 0.1) is 0 Å². The summed E-state index contributed by atoms with van der Waals surface area (Å²) in [5.41, 5.74) is -0.684. The summed E-state index contributed by atoms with van der Waals surface area (Å²) >= 11 is 0. The van der Waals surface area contributed by atoms with E-state index in [0.29, 0.717) is 11.3 Å². The third-order valence-electron chi connectivity index (χ3n) is 4.20. The molecular formula is C20H13F3N2O2. The average Bonchev–Trinajstić information content (AvgIpc) is 3.07. The van der Waals surface area contributed by atoms with Crippen molar-refractivity contribution in [2.75, 3.05) is 0 Å². The van der Waals surface area contributed by atoms with Crippen molar-refractivity contribution in [3.05, 3.63) is 77.7 Å². The Bertz CT molecular complexity index is 1120. The fourth-order valence-corrected chi connectivity index (χ4v) is 3.01. The van der Waals surface area contributed by atoms with Crippen LogP contribution in [0.1, 0.15) is 21.7 Å². The van der Waals surface area contributed by atoms with Gasteiger partial charge in [-0.25, -0.2) is 0 Å². The van der Waals surface area contributed by atoms with Crippen LogP contribution in [0.2, 0.25) is 0 Å². The van der Waals surface area contributed by atoms with Gasteiger partial charge in [0.15, 0.2) is 0 Å². The number of carbonyl (C=O) groups is 1. The third-order valence-corrected chi connectivity index (χ3v) is 4.20. The Morgan fingerprint density at radius 2 is 1.81 bits per heavy atom. The second-order valence-corrected chi connectivity index (χ2v) is 5.99. The number of benzene rings is 2. The van der Waals surface area contributed by atoms with Gasteiger partial charge in [-0.15, -0.1) is 0 Å². The first-order valence-corrected chi connectivity index (χ1v) is 8.14. The molecule has 0 bridgehead atoms. The molecule has 2 heterocycles. The number of carbonyl (C=O) groups excluding carboxylic acids is 1. The van der Waals surface area contributed by atoms with Crippen molar-refractivity contribution in [3.8, 4) is 0 Å². The van der Waals surface area contributed by atoms with Crippen molar-refractivity contribution >= 4 is 27.8 Å². The minimum absolute atomic E-state index is 0.0301. The predicted octanol–water partition coefficient (Wildman–Crippen LogP) is 4.93. The minimum Gasteiger partial charge on any atom is -0.459 e. The van der Waals surface area contributed by atoms with Crippen LogP contribution in [-0.2, 0) is 12.7 Å². The Morgan fingerprint density at radius 1 is 1.07 bits per heavy atom. The molecule has 4 aromatic rings. The van der Waals surface area contributed by atoms with Crippen LogP contribution < -0.4 is 5.32 Å². The second kappa shape index (κ2) is 6.42. The Balaban J connectivity index is 1.66. The fourth-order valence-electron chi connectivity index (χ4n) is 3.01. The number of nitrogens with zero attached hydrogens (tertiary/aromatic N) is 1. The van der Waals surface area contributed by atoms with Gasteiger partial charge in [-0.3, -0.25) is 9.78 Å². The molecule has 0 aliphatic carbocycles. The predicted molar refractivity (Wildman–Crippen MR) is 94.1 cm³/mol. The Morgan fingerprint density at radius 3 is 2.59 bits per heavy atom. The zero-order valence-corrected chi connectivity index (χ0v) is 13.9. The molecule has 2 aromatic heterocycles. The van der Waals surface area contributed by atoms with E-state index in [1.807, 2.05) is 18.2 Å². The number of fused-ring (bicyclic) bond motifs is 2. The number of aromatic nitrogens is 1. The number of hydrogen-bond donors (Lipinski definition) is 1. The molecule has 136 valence electrons. The summed E-state index contributed by atoms with van der Waals surface area (Å²) in [7, 11) is 0. The average molecular weight is 370 g/mol. The molecule has 1 amide bonds. The lowest BCUT2D eigenvalue weighted by Gasteiger charge is -2.15. The molecule has 1 N–H and O–H groups in total. The number of para-hydroxylation sites is 2. The standard InChI is InChI=1S/C20H13F3N2O2/c21-20(22,23)18-14-6-2-3-7-16(14)24-11-15(18)19(26)25-10-13-9-12-5-1-4-8-17(12)27-13/h1-9,11H,10H2,(H,25,26). The SMILES string of the molecule is O=C(NCc1cc2ccccc2o1)c1cnc2ccccc2c1C(F)(F)F. The molecule has 0 atom stereocenters. The van der Waals surface area contributed by atoms with Crippen molar-refractivity contribution in [1.29, 1.82) is 0 Å². The fraction of sp³-hybridized carbons (Fsp3) is 0.100. The summed E-state index contributed by atoms with van der Waals surface area (Å²) in [4.78, 5) is 16.4. The first-order valence-electron chi connectivity index (χ1n) is 8.14. The summed E-state index contributed by atoms with van der Waals surface area (Å²) in [5.74, 6) is -0.409. The molecule has 27 heavy (non-hydrogen) atoms. The van der Waals surface area contributed by atoms with Crippen molar-refractivity contribution in [1.82, 2.24) is 10.3 Å². The molecule has 7 heteroatoms. The lowest BCUT2D eigenvalue weighted by Crippen LogP contribution is -2.26. The van der Waals surface area contributed by atoms with Gasteiger partial charge < -0.3 is 9.73 Å². The lowest BCUT2D eigenvalue weighted by atomic mass is 10.0. The quantitative estimate of drug-likeness (QED) is 0.556. The summed E-state index contributed by atoms with van der Waals surface area (Å²) in [6.07, 6.45) is -3.73. The Kier molecular flexibility index (Phi) is 4.07. The van der Waals surface area contributed by atoms with Gasteiger partial charge in [-0.1, -0.05) is 36.4 Å². The maximum Gasteiger partial charge on any atom is 0.417 e. The molecule has 0 unspecified atom stereocenters. The van der Waals surface area contributed by atoms with E-state index in [-0.39, 0.29) is 17.4 Å². The van der Waals surface area contributed by atoms with Gasteiger partial charge in [0, 0.05) is 17.0 Å². The van der Waals surface area contributed by atoms with E-state index in [0.717, 1.165) is 11.6 Å². The summed E-state index contributed by atoms with van der Waals surface area (Å²) in [6.45, 7) is -0.0301. The van der Waals surface area contributed by atoms with Crippen molar-refractivity contribution in [3.63, 3.8) is 0 Å². The molecule has 4 nitrogen and oxygen atoms in total. The topological polar surface area (TPSA) is 55.1 Å². The summed E-state index contributed by atoms with van der Waals surface area (Å²) < 4.78 is 46.4. The van der Waals surface area contributed by atoms with Gasteiger partial charge in [0.1, 0.15) is 11.3 Å². The number of furan rings is 1. The maximum atomic E-state index is 13.6. The van der Waals surface area contributed by atoms with E-state index in [2.05, 4.69) is 10.3 Å². The number of amides is 1. The van der Waals surface area contributed by atoms with E-state index in [1.54, 1.807) is 18.2 Å². The third kappa shape index (κ3) is 3.23. The van der Waals surface area contributed by atoms with Crippen molar-refractivity contribution in [2.45, 2.75) is 12.7 Å². The molecular weight excluding hydrogens is 357 g/mol. The number of rotatable bonds is 3. The van der Waals surface area contributed by atoms with Crippen LogP contribution in [0.15, 0.2) is 65.2 Å². The molecule has 0 saturated heterocycles. The normalized spacial score (nSPS) is 11.8. The number of hydrogen-bond acceptors (Lipinski definition) is 3. The lowest BCUT2D eigenvalue weighted by molar-refractivity contribution is -0.136.